The van der Waals surface area contributed by atoms with Crippen molar-refractivity contribution < 1.29 is 0 Å². The van der Waals surface area contributed by atoms with Gasteiger partial charge >= 0.3 is 0 Å². The van der Waals surface area contributed by atoms with E-state index in [1.54, 1.807) is 0 Å². The van der Waals surface area contributed by atoms with Gasteiger partial charge in [0.05, 0.1) is 0 Å². The number of nitrogens with one attached hydrogen (secondary N) is 1. The van der Waals surface area contributed by atoms with E-state index in [4.69, 9.17) is 0 Å². The molecule has 0 atom stereocenters. The highest BCUT2D eigenvalue weighted by atomic mass is 32.2. The summed E-state index contributed by atoms with van der Waals surface area (Å²) in [5.74, 6) is 2.49. The lowest BCUT2D eigenvalue weighted by Crippen LogP contribution is -2.32. The second-order valence-electron chi connectivity index (χ2n) is 3.86. The zero-order valence-electron chi connectivity index (χ0n) is 9.61. The van der Waals surface area contributed by atoms with Gasteiger partial charge in [-0.2, -0.15) is 11.8 Å². The van der Waals surface area contributed by atoms with Crippen LogP contribution in [0.5, 0.6) is 0 Å². The van der Waals surface area contributed by atoms with Crippen molar-refractivity contribution in [2.45, 2.75) is 19.9 Å². The Morgan fingerprint density at radius 3 is 2.94 bits per heavy atom. The number of rotatable bonds is 5. The molecule has 1 aliphatic rings. The molecule has 1 N–H and O–H groups in total. The normalized spacial score (nSPS) is 17.6. The van der Waals surface area contributed by atoms with Gasteiger partial charge in [0.1, 0.15) is 10.7 Å². The van der Waals surface area contributed by atoms with E-state index in [9.17, 15) is 0 Å². The van der Waals surface area contributed by atoms with Crippen LogP contribution in [-0.4, -0.2) is 45.6 Å². The van der Waals surface area contributed by atoms with Crippen molar-refractivity contribution in [2.75, 3.05) is 36.5 Å². The lowest BCUT2D eigenvalue weighted by Gasteiger charge is -2.25. The Kier molecular flexibility index (Phi) is 4.87. The Labute approximate surface area is 105 Å². The fourth-order valence-electron chi connectivity index (χ4n) is 1.66. The topological polar surface area (TPSA) is 41.1 Å². The maximum Gasteiger partial charge on any atom is 0.134 e. The minimum absolute atomic E-state index is 0.948. The zero-order chi connectivity index (χ0) is 11.2. The van der Waals surface area contributed by atoms with Crippen LogP contribution in [0.3, 0.4) is 0 Å². The standard InChI is InChI=1S/C10H18N4S2/c1-2-3-11-10-9(12-13-16-10)8-14-4-6-15-7-5-14/h11H,2-8H2,1H3. The molecule has 0 amide bonds. The molecule has 0 radical (unpaired) electrons. The average Bonchev–Trinajstić information content (AvgIpc) is 2.75. The van der Waals surface area contributed by atoms with Gasteiger partial charge in [0.2, 0.25) is 0 Å². The quantitative estimate of drug-likeness (QED) is 0.873. The van der Waals surface area contributed by atoms with E-state index in [-0.39, 0.29) is 0 Å². The molecule has 0 aliphatic carbocycles. The largest absolute Gasteiger partial charge is 0.374 e. The molecule has 6 heteroatoms. The number of aromatic nitrogens is 2. The van der Waals surface area contributed by atoms with E-state index in [0.717, 1.165) is 30.2 Å². The molecule has 1 fully saturated rings. The van der Waals surface area contributed by atoms with Crippen LogP contribution in [0.2, 0.25) is 0 Å². The number of anilines is 1. The summed E-state index contributed by atoms with van der Waals surface area (Å²) in [6.45, 7) is 6.48. The summed E-state index contributed by atoms with van der Waals surface area (Å²) in [5, 5.41) is 8.77. The van der Waals surface area contributed by atoms with Crippen LogP contribution >= 0.6 is 23.3 Å². The highest BCUT2D eigenvalue weighted by Gasteiger charge is 2.15. The van der Waals surface area contributed by atoms with Crippen LogP contribution in [0.25, 0.3) is 0 Å². The van der Waals surface area contributed by atoms with Crippen LogP contribution in [0.4, 0.5) is 5.00 Å². The van der Waals surface area contributed by atoms with E-state index < -0.39 is 0 Å². The van der Waals surface area contributed by atoms with Gasteiger partial charge in [-0.25, -0.2) is 0 Å². The van der Waals surface area contributed by atoms with Crippen molar-refractivity contribution in [1.29, 1.82) is 0 Å². The Bertz CT molecular complexity index is 310. The van der Waals surface area contributed by atoms with E-state index in [2.05, 4.69) is 26.7 Å². The fraction of sp³-hybridized carbons (Fsp3) is 0.800. The van der Waals surface area contributed by atoms with E-state index in [1.807, 2.05) is 11.8 Å². The maximum atomic E-state index is 4.22. The smallest absolute Gasteiger partial charge is 0.134 e. The van der Waals surface area contributed by atoms with Crippen LogP contribution in [0.1, 0.15) is 19.0 Å². The summed E-state index contributed by atoms with van der Waals surface area (Å²) < 4.78 is 4.04. The highest BCUT2D eigenvalue weighted by molar-refractivity contribution is 7.99. The molecule has 0 spiro atoms. The summed E-state index contributed by atoms with van der Waals surface area (Å²) in [4.78, 5) is 2.46. The molecular formula is C10H18N4S2. The molecule has 0 unspecified atom stereocenters. The fourth-order valence-corrected chi connectivity index (χ4v) is 3.23. The predicted molar refractivity (Wildman–Crippen MR) is 71.3 cm³/mol. The Morgan fingerprint density at radius 2 is 2.19 bits per heavy atom. The third-order valence-corrected chi connectivity index (χ3v) is 4.24. The number of nitrogens with zero attached hydrogens (tertiary/aromatic N) is 3. The third-order valence-electron chi connectivity index (χ3n) is 2.57. The van der Waals surface area contributed by atoms with Crippen LogP contribution in [0, 0.1) is 0 Å². The van der Waals surface area contributed by atoms with E-state index >= 15 is 0 Å². The van der Waals surface area contributed by atoms with Gasteiger partial charge in [-0.1, -0.05) is 11.4 Å². The van der Waals surface area contributed by atoms with Crippen LogP contribution in [-0.2, 0) is 6.54 Å². The zero-order valence-corrected chi connectivity index (χ0v) is 11.2. The molecule has 2 heterocycles. The summed E-state index contributed by atoms with van der Waals surface area (Å²) in [5.41, 5.74) is 1.12. The predicted octanol–water partition coefficient (Wildman–Crippen LogP) is 1.91. The van der Waals surface area contributed by atoms with Crippen LogP contribution < -0.4 is 5.32 Å². The number of hydrogen-bond acceptors (Lipinski definition) is 6. The Morgan fingerprint density at radius 1 is 1.38 bits per heavy atom. The highest BCUT2D eigenvalue weighted by Crippen LogP contribution is 2.20. The Hall–Kier alpha value is -0.330. The molecule has 1 saturated heterocycles. The average molecular weight is 258 g/mol. The Balaban J connectivity index is 1.89. The van der Waals surface area contributed by atoms with E-state index in [1.165, 1.54) is 36.1 Å². The van der Waals surface area contributed by atoms with Crippen LogP contribution in [0.15, 0.2) is 0 Å². The van der Waals surface area contributed by atoms with Gasteiger partial charge < -0.3 is 5.32 Å². The monoisotopic (exact) mass is 258 g/mol. The van der Waals surface area contributed by atoms with Gasteiger partial charge in [-0.3, -0.25) is 4.90 Å². The first kappa shape index (κ1) is 12.1. The minimum atomic E-state index is 0.948. The molecule has 0 saturated carbocycles. The first-order chi connectivity index (χ1) is 7.90. The SMILES string of the molecule is CCCNc1snnc1CN1CCSCC1. The van der Waals surface area contributed by atoms with Crippen molar-refractivity contribution in [2.24, 2.45) is 0 Å². The van der Waals surface area contributed by atoms with Crippen molar-refractivity contribution in [3.05, 3.63) is 5.69 Å². The molecule has 0 aromatic carbocycles. The minimum Gasteiger partial charge on any atom is -0.374 e. The lowest BCUT2D eigenvalue weighted by molar-refractivity contribution is 0.291. The summed E-state index contributed by atoms with van der Waals surface area (Å²) >= 11 is 3.51. The second-order valence-corrected chi connectivity index (χ2v) is 5.84. The lowest BCUT2D eigenvalue weighted by atomic mass is 10.3. The number of hydrogen-bond donors (Lipinski definition) is 1. The van der Waals surface area contributed by atoms with Gasteiger partial charge in [0.25, 0.3) is 0 Å². The molecule has 4 nitrogen and oxygen atoms in total. The molecule has 1 aromatic rings. The van der Waals surface area contributed by atoms with Gasteiger partial charge in [0.15, 0.2) is 0 Å². The number of thioether (sulfide) groups is 1. The molecule has 16 heavy (non-hydrogen) atoms. The molecule has 2 rings (SSSR count). The first-order valence-corrected chi connectivity index (χ1v) is 7.68. The summed E-state index contributed by atoms with van der Waals surface area (Å²) in [7, 11) is 0. The van der Waals surface area contributed by atoms with Crippen molar-refractivity contribution in [1.82, 2.24) is 14.5 Å². The third kappa shape index (κ3) is 3.33. The second kappa shape index (κ2) is 6.42. The van der Waals surface area contributed by atoms with Gasteiger partial charge in [-0.05, 0) is 6.42 Å². The van der Waals surface area contributed by atoms with Crippen molar-refractivity contribution in [3.8, 4) is 0 Å². The van der Waals surface area contributed by atoms with E-state index in [0.29, 0.717) is 0 Å². The summed E-state index contributed by atoms with van der Waals surface area (Å²) in [6, 6.07) is 0. The molecule has 90 valence electrons. The molecule has 1 aliphatic heterocycles. The molecule has 1 aromatic heterocycles. The molecular weight excluding hydrogens is 240 g/mol. The first-order valence-electron chi connectivity index (χ1n) is 5.75. The van der Waals surface area contributed by atoms with Gasteiger partial charge in [0, 0.05) is 49.2 Å². The molecule has 0 bridgehead atoms. The van der Waals surface area contributed by atoms with Gasteiger partial charge in [-0.15, -0.1) is 5.10 Å². The van der Waals surface area contributed by atoms with Crippen molar-refractivity contribution >= 4 is 28.3 Å². The van der Waals surface area contributed by atoms with Crippen molar-refractivity contribution in [3.63, 3.8) is 0 Å². The summed E-state index contributed by atoms with van der Waals surface area (Å²) in [6.07, 6.45) is 1.14. The maximum absolute atomic E-state index is 4.22.